The fourth-order valence-electron chi connectivity index (χ4n) is 2.97. The van der Waals surface area contributed by atoms with E-state index in [4.69, 9.17) is 0 Å². The molecule has 0 aromatic heterocycles. The Labute approximate surface area is 171 Å². The Hall–Kier alpha value is -2.12. The first-order valence-corrected chi connectivity index (χ1v) is 8.21. The molecule has 0 fully saturated rings. The van der Waals surface area contributed by atoms with E-state index in [9.17, 15) is 0 Å². The molecule has 0 bridgehead atoms. The largest absolute Gasteiger partial charge is 0.0622 e. The summed E-state index contributed by atoms with van der Waals surface area (Å²) in [6.45, 7) is 0. The van der Waals surface area contributed by atoms with E-state index in [1.807, 2.05) is 12.1 Å². The third-order valence-corrected chi connectivity index (χ3v) is 4.32. The van der Waals surface area contributed by atoms with Crippen LogP contribution in [0.2, 0.25) is 0 Å². The molecule has 0 aliphatic rings. The van der Waals surface area contributed by atoms with E-state index in [1.165, 1.54) is 33.4 Å². The fraction of sp³-hybridized carbons (Fsp3) is 0. The van der Waals surface area contributed by atoms with Crippen molar-refractivity contribution in [1.29, 1.82) is 0 Å². The zero-order valence-corrected chi connectivity index (χ0v) is 16.4. The van der Waals surface area contributed by atoms with Crippen molar-refractivity contribution >= 4 is 29.6 Å². The van der Waals surface area contributed by atoms with Gasteiger partial charge in [-0.05, 0) is 33.4 Å². The first-order valence-electron chi connectivity index (χ1n) is 8.21. The van der Waals surface area contributed by atoms with Crippen molar-refractivity contribution in [3.63, 3.8) is 0 Å². The Kier molecular flexibility index (Phi) is 5.88. The zero-order chi connectivity index (χ0) is 16.2. The molecule has 0 saturated carbocycles. The van der Waals surface area contributed by atoms with Crippen LogP contribution in [0.5, 0.6) is 0 Å². The molecule has 0 heterocycles. The van der Waals surface area contributed by atoms with Crippen molar-refractivity contribution in [2.75, 3.05) is 0 Å². The van der Waals surface area contributed by atoms with Gasteiger partial charge in [-0.25, -0.2) is 0 Å². The van der Waals surface area contributed by atoms with Gasteiger partial charge in [-0.2, -0.15) is 0 Å². The molecule has 0 atom stereocenters. The monoisotopic (exact) mass is 329 g/mol. The molecule has 0 amide bonds. The molecular formula is C24H18Na. The Morgan fingerprint density at radius 2 is 0.440 bits per heavy atom. The van der Waals surface area contributed by atoms with Crippen LogP contribution in [0.4, 0.5) is 0 Å². The molecule has 4 aromatic carbocycles. The van der Waals surface area contributed by atoms with E-state index >= 15 is 0 Å². The average Bonchev–Trinajstić information content (AvgIpc) is 2.70. The van der Waals surface area contributed by atoms with Crippen molar-refractivity contribution < 1.29 is 0 Å². The first kappa shape index (κ1) is 17.7. The maximum Gasteiger partial charge on any atom is 0 e. The summed E-state index contributed by atoms with van der Waals surface area (Å²) in [5.74, 6) is 0. The van der Waals surface area contributed by atoms with Crippen LogP contribution in [0.25, 0.3) is 33.4 Å². The minimum atomic E-state index is 0. The second kappa shape index (κ2) is 8.31. The standard InChI is InChI=1S/C24H18.Na/c1-3-7-19(8-4-1)21-11-15-23(16-12-21)24-17-13-22(14-18-24)20-9-5-2-6-10-20;/h1-18H;. The molecule has 115 valence electrons. The molecule has 0 spiro atoms. The van der Waals surface area contributed by atoms with Gasteiger partial charge < -0.3 is 0 Å². The van der Waals surface area contributed by atoms with Crippen LogP contribution in [0.15, 0.2) is 109 Å². The molecule has 0 unspecified atom stereocenters. The van der Waals surface area contributed by atoms with Crippen LogP contribution in [-0.4, -0.2) is 29.6 Å². The second-order valence-corrected chi connectivity index (χ2v) is 5.89. The summed E-state index contributed by atoms with van der Waals surface area (Å²) >= 11 is 0. The van der Waals surface area contributed by atoms with Gasteiger partial charge in [-0.15, -0.1) is 0 Å². The van der Waals surface area contributed by atoms with Crippen molar-refractivity contribution in [3.8, 4) is 33.4 Å². The minimum Gasteiger partial charge on any atom is -0.0622 e. The molecule has 0 aliphatic heterocycles. The van der Waals surface area contributed by atoms with Crippen molar-refractivity contribution in [3.05, 3.63) is 109 Å². The van der Waals surface area contributed by atoms with Crippen LogP contribution < -0.4 is 0 Å². The molecule has 0 N–H and O–H groups in total. The second-order valence-electron chi connectivity index (χ2n) is 5.89. The quantitative estimate of drug-likeness (QED) is 0.387. The number of hydrogen-bond donors (Lipinski definition) is 0. The molecule has 4 aromatic rings. The number of hydrogen-bond acceptors (Lipinski definition) is 0. The third-order valence-electron chi connectivity index (χ3n) is 4.32. The van der Waals surface area contributed by atoms with E-state index < -0.39 is 0 Å². The normalized spacial score (nSPS) is 10.1. The topological polar surface area (TPSA) is 0 Å². The summed E-state index contributed by atoms with van der Waals surface area (Å²) in [6.07, 6.45) is 0. The Morgan fingerprint density at radius 3 is 0.680 bits per heavy atom. The van der Waals surface area contributed by atoms with E-state index in [0.29, 0.717) is 0 Å². The van der Waals surface area contributed by atoms with E-state index in [2.05, 4.69) is 97.1 Å². The van der Waals surface area contributed by atoms with Crippen molar-refractivity contribution in [2.45, 2.75) is 0 Å². The molecule has 1 radical (unpaired) electrons. The first-order chi connectivity index (χ1) is 11.9. The van der Waals surface area contributed by atoms with Crippen LogP contribution in [0, 0.1) is 0 Å². The third kappa shape index (κ3) is 4.11. The maximum atomic E-state index is 2.19. The van der Waals surface area contributed by atoms with Crippen LogP contribution in [0.3, 0.4) is 0 Å². The van der Waals surface area contributed by atoms with Crippen molar-refractivity contribution in [2.24, 2.45) is 0 Å². The van der Waals surface area contributed by atoms with E-state index in [-0.39, 0.29) is 29.6 Å². The fourth-order valence-corrected chi connectivity index (χ4v) is 2.97. The van der Waals surface area contributed by atoms with Crippen molar-refractivity contribution in [1.82, 2.24) is 0 Å². The summed E-state index contributed by atoms with van der Waals surface area (Å²) in [7, 11) is 0. The molecule has 0 nitrogen and oxygen atoms in total. The summed E-state index contributed by atoms with van der Waals surface area (Å²) in [4.78, 5) is 0. The maximum absolute atomic E-state index is 2.19. The van der Waals surface area contributed by atoms with Gasteiger partial charge in [-0.1, -0.05) is 109 Å². The Balaban J connectivity index is 0.00000182. The van der Waals surface area contributed by atoms with E-state index in [0.717, 1.165) is 0 Å². The van der Waals surface area contributed by atoms with Gasteiger partial charge in [0.25, 0.3) is 0 Å². The zero-order valence-electron chi connectivity index (χ0n) is 14.4. The summed E-state index contributed by atoms with van der Waals surface area (Å²) < 4.78 is 0. The molecule has 1 heteroatoms. The number of benzene rings is 4. The molecule has 4 rings (SSSR count). The molecule has 0 saturated heterocycles. The average molecular weight is 329 g/mol. The van der Waals surface area contributed by atoms with Gasteiger partial charge in [0.1, 0.15) is 0 Å². The smallest absolute Gasteiger partial charge is 0 e. The predicted octanol–water partition coefficient (Wildman–Crippen LogP) is 6.31. The minimum absolute atomic E-state index is 0. The molecule has 25 heavy (non-hydrogen) atoms. The van der Waals surface area contributed by atoms with Gasteiger partial charge >= 0.3 is 0 Å². The van der Waals surface area contributed by atoms with Crippen LogP contribution >= 0.6 is 0 Å². The number of rotatable bonds is 3. The summed E-state index contributed by atoms with van der Waals surface area (Å²) in [5, 5.41) is 0. The summed E-state index contributed by atoms with van der Waals surface area (Å²) in [5.41, 5.74) is 7.50. The molecular weight excluding hydrogens is 311 g/mol. The predicted molar refractivity (Wildman–Crippen MR) is 109 cm³/mol. The van der Waals surface area contributed by atoms with Crippen LogP contribution in [-0.2, 0) is 0 Å². The van der Waals surface area contributed by atoms with Gasteiger partial charge in [-0.3, -0.25) is 0 Å². The van der Waals surface area contributed by atoms with Gasteiger partial charge in [0, 0.05) is 29.6 Å². The Bertz CT molecular complexity index is 828. The Morgan fingerprint density at radius 1 is 0.240 bits per heavy atom. The molecule has 0 aliphatic carbocycles. The van der Waals surface area contributed by atoms with Crippen LogP contribution in [0.1, 0.15) is 0 Å². The van der Waals surface area contributed by atoms with E-state index in [1.54, 1.807) is 0 Å². The SMILES string of the molecule is [Na].c1ccc(-c2ccc(-c3ccc(-c4ccccc4)cc3)cc2)cc1. The summed E-state index contributed by atoms with van der Waals surface area (Å²) in [6, 6.07) is 38.5. The van der Waals surface area contributed by atoms with Gasteiger partial charge in [0.15, 0.2) is 0 Å². The van der Waals surface area contributed by atoms with Gasteiger partial charge in [0.05, 0.1) is 0 Å². The van der Waals surface area contributed by atoms with Gasteiger partial charge in [0.2, 0.25) is 0 Å².